The van der Waals surface area contributed by atoms with Crippen molar-refractivity contribution in [2.45, 2.75) is 58.5 Å². The van der Waals surface area contributed by atoms with Crippen LogP contribution in [-0.2, 0) is 9.59 Å². The molecule has 0 fully saturated rings. The minimum Gasteiger partial charge on any atom is -0.481 e. The molecule has 0 spiro atoms. The molecule has 0 radical (unpaired) electrons. The van der Waals surface area contributed by atoms with Crippen LogP contribution < -0.4 is 0 Å². The SMILES string of the molecule is CC(=O)CC(=O)O.CCCCCCC(O)CO.OCCO. The van der Waals surface area contributed by atoms with Gasteiger partial charge >= 0.3 is 5.97 Å². The van der Waals surface area contributed by atoms with E-state index in [1.165, 1.54) is 26.2 Å². The van der Waals surface area contributed by atoms with Gasteiger partial charge in [0.05, 0.1) is 25.9 Å². The zero-order chi connectivity index (χ0) is 17.1. The van der Waals surface area contributed by atoms with E-state index in [2.05, 4.69) is 6.92 Å². The van der Waals surface area contributed by atoms with Gasteiger partial charge < -0.3 is 25.5 Å². The molecule has 7 heteroatoms. The van der Waals surface area contributed by atoms with Crippen molar-refractivity contribution in [1.82, 2.24) is 0 Å². The van der Waals surface area contributed by atoms with Gasteiger partial charge in [0.2, 0.25) is 0 Å². The summed E-state index contributed by atoms with van der Waals surface area (Å²) in [5.74, 6) is -1.37. The van der Waals surface area contributed by atoms with E-state index in [1.807, 2.05) is 0 Å². The molecule has 0 aromatic rings. The van der Waals surface area contributed by atoms with Gasteiger partial charge in [0.25, 0.3) is 0 Å². The minimum atomic E-state index is -1.06. The number of aliphatic carboxylic acids is 1. The van der Waals surface area contributed by atoms with Crippen LogP contribution in [0.15, 0.2) is 0 Å². The first-order valence-electron chi connectivity index (χ1n) is 7.07. The van der Waals surface area contributed by atoms with E-state index < -0.39 is 12.1 Å². The van der Waals surface area contributed by atoms with Gasteiger partial charge in [0, 0.05) is 0 Å². The topological polar surface area (TPSA) is 135 Å². The molecule has 0 amide bonds. The van der Waals surface area contributed by atoms with Crippen LogP contribution >= 0.6 is 0 Å². The first-order chi connectivity index (χ1) is 9.85. The highest BCUT2D eigenvalue weighted by atomic mass is 16.4. The molecule has 0 aliphatic carbocycles. The average molecular weight is 310 g/mol. The predicted octanol–water partition coefficient (Wildman–Crippen LogP) is 0.331. The summed E-state index contributed by atoms with van der Waals surface area (Å²) in [5, 5.41) is 40.5. The Hall–Kier alpha value is -1.02. The predicted molar refractivity (Wildman–Crippen MR) is 79.0 cm³/mol. The highest BCUT2D eigenvalue weighted by Gasteiger charge is 1.99. The molecule has 0 bridgehead atoms. The van der Waals surface area contributed by atoms with Gasteiger partial charge in [-0.3, -0.25) is 9.59 Å². The summed E-state index contributed by atoms with van der Waals surface area (Å²) in [6.07, 6.45) is 4.56. The van der Waals surface area contributed by atoms with E-state index in [9.17, 15) is 9.59 Å². The van der Waals surface area contributed by atoms with E-state index in [1.54, 1.807) is 0 Å². The summed E-state index contributed by atoms with van der Waals surface area (Å²) < 4.78 is 0. The maximum absolute atomic E-state index is 9.87. The van der Waals surface area contributed by atoms with Gasteiger partial charge in [-0.25, -0.2) is 0 Å². The van der Waals surface area contributed by atoms with E-state index >= 15 is 0 Å². The van der Waals surface area contributed by atoms with Crippen molar-refractivity contribution in [3.8, 4) is 0 Å². The minimum absolute atomic E-state index is 0.0911. The molecule has 0 aliphatic heterocycles. The summed E-state index contributed by atoms with van der Waals surface area (Å²) in [6.45, 7) is 3.06. The Balaban J connectivity index is -0.000000256. The number of Topliss-reactive ketones (excluding diaryl/α,β-unsaturated/α-hetero) is 1. The molecular formula is C14H30O7. The lowest BCUT2D eigenvalue weighted by Crippen LogP contribution is -2.10. The van der Waals surface area contributed by atoms with Crippen LogP contribution in [-0.4, -0.2) is 63.2 Å². The van der Waals surface area contributed by atoms with E-state index in [-0.39, 0.29) is 32.0 Å². The Morgan fingerprint density at radius 1 is 1.00 bits per heavy atom. The van der Waals surface area contributed by atoms with Crippen LogP contribution in [0.2, 0.25) is 0 Å². The Bertz CT molecular complexity index is 217. The Labute approximate surface area is 126 Å². The van der Waals surface area contributed by atoms with Gasteiger partial charge in [-0.05, 0) is 13.3 Å². The van der Waals surface area contributed by atoms with Crippen molar-refractivity contribution in [2.75, 3.05) is 19.8 Å². The van der Waals surface area contributed by atoms with Crippen LogP contribution in [0, 0.1) is 0 Å². The molecule has 1 unspecified atom stereocenters. The van der Waals surface area contributed by atoms with Crippen LogP contribution in [0.1, 0.15) is 52.4 Å². The fourth-order valence-electron chi connectivity index (χ4n) is 1.11. The number of carboxylic acid groups (broad SMARTS) is 1. The Morgan fingerprint density at radius 2 is 1.52 bits per heavy atom. The maximum atomic E-state index is 9.87. The second-order valence-corrected chi connectivity index (χ2v) is 4.41. The molecule has 7 nitrogen and oxygen atoms in total. The fourth-order valence-corrected chi connectivity index (χ4v) is 1.11. The molecule has 0 rings (SSSR count). The lowest BCUT2D eigenvalue weighted by atomic mass is 10.1. The van der Waals surface area contributed by atoms with Crippen molar-refractivity contribution >= 4 is 11.8 Å². The van der Waals surface area contributed by atoms with Crippen LogP contribution in [0.3, 0.4) is 0 Å². The monoisotopic (exact) mass is 310 g/mol. The first kappa shape index (κ1) is 25.0. The number of rotatable bonds is 9. The fraction of sp³-hybridized carbons (Fsp3) is 0.857. The molecule has 128 valence electrons. The lowest BCUT2D eigenvalue weighted by molar-refractivity contribution is -0.139. The smallest absolute Gasteiger partial charge is 0.310 e. The zero-order valence-electron chi connectivity index (χ0n) is 13.0. The molecule has 21 heavy (non-hydrogen) atoms. The standard InChI is InChI=1S/C8H18O2.C4H6O3.C2H6O2/c1-2-3-4-5-6-8(10)7-9;1-3(5)2-4(6)7;3-1-2-4/h8-10H,2-7H2,1H3;2H2,1H3,(H,6,7);3-4H,1-2H2. The molecular weight excluding hydrogens is 280 g/mol. The average Bonchev–Trinajstić information content (AvgIpc) is 2.42. The molecule has 0 heterocycles. The number of carbonyl (C=O) groups excluding carboxylic acids is 1. The quantitative estimate of drug-likeness (QED) is 0.306. The summed E-state index contributed by atoms with van der Waals surface area (Å²) in [4.78, 5) is 19.5. The maximum Gasteiger partial charge on any atom is 0.310 e. The van der Waals surface area contributed by atoms with Crippen LogP contribution in [0.4, 0.5) is 0 Å². The molecule has 5 N–H and O–H groups in total. The number of carboxylic acids is 1. The third kappa shape index (κ3) is 38.1. The summed E-state index contributed by atoms with van der Waals surface area (Å²) in [6, 6.07) is 0. The van der Waals surface area contributed by atoms with Crippen LogP contribution in [0.25, 0.3) is 0 Å². The number of aliphatic hydroxyl groups excluding tert-OH is 4. The molecule has 0 aromatic heterocycles. The zero-order valence-corrected chi connectivity index (χ0v) is 13.0. The Kier molecular flexibility index (Phi) is 25.3. The van der Waals surface area contributed by atoms with E-state index in [4.69, 9.17) is 25.5 Å². The van der Waals surface area contributed by atoms with Gasteiger partial charge in [-0.2, -0.15) is 0 Å². The third-order valence-electron chi connectivity index (χ3n) is 2.10. The number of carbonyl (C=O) groups is 2. The van der Waals surface area contributed by atoms with E-state index in [0.717, 1.165) is 12.8 Å². The molecule has 0 saturated heterocycles. The third-order valence-corrected chi connectivity index (χ3v) is 2.10. The number of ketones is 1. The second-order valence-electron chi connectivity index (χ2n) is 4.41. The van der Waals surface area contributed by atoms with Crippen molar-refractivity contribution in [3.05, 3.63) is 0 Å². The second kappa shape index (κ2) is 21.3. The molecule has 1 atom stereocenters. The van der Waals surface area contributed by atoms with E-state index in [0.29, 0.717) is 0 Å². The van der Waals surface area contributed by atoms with Crippen molar-refractivity contribution in [2.24, 2.45) is 0 Å². The summed E-state index contributed by atoms with van der Waals surface area (Å²) in [7, 11) is 0. The van der Waals surface area contributed by atoms with Crippen molar-refractivity contribution < 1.29 is 35.1 Å². The molecule has 0 aliphatic rings. The number of hydrogen-bond acceptors (Lipinski definition) is 6. The highest BCUT2D eigenvalue weighted by molar-refractivity contribution is 5.93. The van der Waals surface area contributed by atoms with Crippen molar-refractivity contribution in [1.29, 1.82) is 0 Å². The molecule has 0 aromatic carbocycles. The number of aliphatic hydroxyl groups is 4. The van der Waals surface area contributed by atoms with Gasteiger partial charge in [0.15, 0.2) is 0 Å². The van der Waals surface area contributed by atoms with Crippen molar-refractivity contribution in [3.63, 3.8) is 0 Å². The van der Waals surface area contributed by atoms with Gasteiger partial charge in [0.1, 0.15) is 12.2 Å². The largest absolute Gasteiger partial charge is 0.481 e. The first-order valence-corrected chi connectivity index (χ1v) is 7.07. The van der Waals surface area contributed by atoms with Gasteiger partial charge in [-0.15, -0.1) is 0 Å². The number of unbranched alkanes of at least 4 members (excludes halogenated alkanes) is 3. The normalized spacial score (nSPS) is 10.6. The van der Waals surface area contributed by atoms with Gasteiger partial charge in [-0.1, -0.05) is 32.6 Å². The number of hydrogen-bond donors (Lipinski definition) is 5. The summed E-state index contributed by atoms with van der Waals surface area (Å²) >= 11 is 0. The highest BCUT2D eigenvalue weighted by Crippen LogP contribution is 2.04. The lowest BCUT2D eigenvalue weighted by Gasteiger charge is -2.04. The van der Waals surface area contributed by atoms with Crippen LogP contribution in [0.5, 0.6) is 0 Å². The Morgan fingerprint density at radius 3 is 1.76 bits per heavy atom. The summed E-state index contributed by atoms with van der Waals surface area (Å²) in [5.41, 5.74) is 0. The molecule has 0 saturated carbocycles.